The smallest absolute Gasteiger partial charge is 0.234 e. The molecular weight excluding hydrogens is 230 g/mol. The van der Waals surface area contributed by atoms with Gasteiger partial charge in [-0.3, -0.25) is 9.69 Å². The second-order valence-corrected chi connectivity index (χ2v) is 6.33. The molecule has 0 radical (unpaired) electrons. The van der Waals surface area contributed by atoms with Gasteiger partial charge >= 0.3 is 0 Å². The Morgan fingerprint density at radius 2 is 2.12 bits per heavy atom. The average Bonchev–Trinajstić information content (AvgIpc) is 2.40. The topological polar surface area (TPSA) is 92.5 Å². The van der Waals surface area contributed by atoms with Gasteiger partial charge in [0.2, 0.25) is 5.91 Å². The fourth-order valence-electron chi connectivity index (χ4n) is 1.91. The standard InChI is InChI=1S/C9H19N3O3S/c1-3-11-9(13)4-12(2)8-6-16(14,15)5-7(8)10/h7-8H,3-6,10H2,1-2H3,(H,11,13). The SMILES string of the molecule is CCNC(=O)CN(C)C1CS(=O)(=O)CC1N. The van der Waals surface area contributed by atoms with Crippen LogP contribution in [0.3, 0.4) is 0 Å². The van der Waals surface area contributed by atoms with E-state index in [9.17, 15) is 13.2 Å². The zero-order valence-electron chi connectivity index (χ0n) is 9.64. The molecule has 0 aromatic heterocycles. The van der Waals surface area contributed by atoms with Crippen LogP contribution in [-0.4, -0.2) is 63.0 Å². The molecule has 1 fully saturated rings. The van der Waals surface area contributed by atoms with E-state index in [1.807, 2.05) is 6.92 Å². The van der Waals surface area contributed by atoms with Crippen molar-refractivity contribution >= 4 is 15.7 Å². The molecule has 0 aromatic carbocycles. The Hall–Kier alpha value is -0.660. The number of nitrogens with two attached hydrogens (primary N) is 1. The third kappa shape index (κ3) is 3.43. The van der Waals surface area contributed by atoms with Gasteiger partial charge in [-0.2, -0.15) is 0 Å². The third-order valence-corrected chi connectivity index (χ3v) is 4.44. The van der Waals surface area contributed by atoms with E-state index in [4.69, 9.17) is 5.73 Å². The molecule has 0 aromatic rings. The van der Waals surface area contributed by atoms with Crippen LogP contribution in [0.2, 0.25) is 0 Å². The lowest BCUT2D eigenvalue weighted by molar-refractivity contribution is -0.122. The number of carbonyl (C=O) groups is 1. The summed E-state index contributed by atoms with van der Waals surface area (Å²) in [4.78, 5) is 13.0. The second-order valence-electron chi connectivity index (χ2n) is 4.18. The summed E-state index contributed by atoms with van der Waals surface area (Å²) in [5, 5.41) is 2.66. The molecule has 6 nitrogen and oxygen atoms in total. The molecule has 7 heteroatoms. The fraction of sp³-hybridized carbons (Fsp3) is 0.889. The summed E-state index contributed by atoms with van der Waals surface area (Å²) in [6.07, 6.45) is 0. The van der Waals surface area contributed by atoms with Gasteiger partial charge in [0.15, 0.2) is 9.84 Å². The number of hydrogen-bond donors (Lipinski definition) is 2. The number of sulfone groups is 1. The fourth-order valence-corrected chi connectivity index (χ4v) is 3.87. The summed E-state index contributed by atoms with van der Waals surface area (Å²) in [5.74, 6) is -0.0527. The molecule has 2 atom stereocenters. The summed E-state index contributed by atoms with van der Waals surface area (Å²) in [7, 11) is -1.31. The van der Waals surface area contributed by atoms with Gasteiger partial charge in [0, 0.05) is 18.6 Å². The van der Waals surface area contributed by atoms with Crippen molar-refractivity contribution in [1.29, 1.82) is 0 Å². The number of nitrogens with zero attached hydrogens (tertiary/aromatic N) is 1. The Balaban J connectivity index is 2.55. The van der Waals surface area contributed by atoms with Crippen molar-refractivity contribution in [3.63, 3.8) is 0 Å². The van der Waals surface area contributed by atoms with Crippen LogP contribution < -0.4 is 11.1 Å². The molecule has 1 saturated heterocycles. The molecule has 0 saturated carbocycles. The Morgan fingerprint density at radius 1 is 1.50 bits per heavy atom. The second kappa shape index (κ2) is 5.11. The van der Waals surface area contributed by atoms with Gasteiger partial charge in [0.25, 0.3) is 0 Å². The zero-order valence-corrected chi connectivity index (χ0v) is 10.5. The Bertz CT molecular complexity index is 355. The van der Waals surface area contributed by atoms with E-state index in [0.717, 1.165) is 0 Å². The maximum absolute atomic E-state index is 11.4. The average molecular weight is 249 g/mol. The highest BCUT2D eigenvalue weighted by molar-refractivity contribution is 7.91. The summed E-state index contributed by atoms with van der Waals surface area (Å²) in [6, 6.07) is -0.656. The van der Waals surface area contributed by atoms with E-state index in [2.05, 4.69) is 5.32 Å². The monoisotopic (exact) mass is 249 g/mol. The Labute approximate surface area is 96.1 Å². The van der Waals surface area contributed by atoms with E-state index in [1.54, 1.807) is 11.9 Å². The minimum absolute atomic E-state index is 0.0113. The first-order valence-electron chi connectivity index (χ1n) is 5.28. The quantitative estimate of drug-likeness (QED) is 0.612. The molecule has 3 N–H and O–H groups in total. The van der Waals surface area contributed by atoms with Gasteiger partial charge in [-0.25, -0.2) is 8.42 Å². The Morgan fingerprint density at radius 3 is 2.56 bits per heavy atom. The summed E-state index contributed by atoms with van der Waals surface area (Å²) >= 11 is 0. The molecule has 16 heavy (non-hydrogen) atoms. The van der Waals surface area contributed by atoms with Gasteiger partial charge in [-0.05, 0) is 14.0 Å². The predicted molar refractivity (Wildman–Crippen MR) is 61.7 cm³/mol. The maximum Gasteiger partial charge on any atom is 0.234 e. The first-order valence-corrected chi connectivity index (χ1v) is 7.11. The lowest BCUT2D eigenvalue weighted by Gasteiger charge is -2.25. The minimum atomic E-state index is -3.04. The molecule has 0 spiro atoms. The van der Waals surface area contributed by atoms with Gasteiger partial charge < -0.3 is 11.1 Å². The normalized spacial score (nSPS) is 28.2. The van der Waals surface area contributed by atoms with Crippen LogP contribution in [0.5, 0.6) is 0 Å². The van der Waals surface area contributed by atoms with Crippen LogP contribution >= 0.6 is 0 Å². The van der Waals surface area contributed by atoms with Crippen molar-refractivity contribution in [2.75, 3.05) is 31.6 Å². The highest BCUT2D eigenvalue weighted by atomic mass is 32.2. The summed E-state index contributed by atoms with van der Waals surface area (Å²) in [6.45, 7) is 2.59. The van der Waals surface area contributed by atoms with Crippen LogP contribution in [0.25, 0.3) is 0 Å². The number of amides is 1. The molecule has 1 rings (SSSR count). The number of carbonyl (C=O) groups excluding carboxylic acids is 1. The lowest BCUT2D eigenvalue weighted by atomic mass is 10.1. The zero-order chi connectivity index (χ0) is 12.3. The van der Waals surface area contributed by atoms with Gasteiger partial charge in [-0.1, -0.05) is 0 Å². The summed E-state index contributed by atoms with van der Waals surface area (Å²) in [5.41, 5.74) is 5.75. The molecule has 1 amide bonds. The van der Waals surface area contributed by atoms with Crippen LogP contribution in [0.1, 0.15) is 6.92 Å². The van der Waals surface area contributed by atoms with Crippen LogP contribution in [0, 0.1) is 0 Å². The van der Waals surface area contributed by atoms with Crippen LogP contribution in [0.4, 0.5) is 0 Å². The van der Waals surface area contributed by atoms with Crippen molar-refractivity contribution in [1.82, 2.24) is 10.2 Å². The number of nitrogens with one attached hydrogen (secondary N) is 1. The lowest BCUT2D eigenvalue weighted by Crippen LogP contribution is -2.48. The number of rotatable bonds is 4. The van der Waals surface area contributed by atoms with E-state index in [1.165, 1.54) is 0 Å². The number of likely N-dealkylation sites (N-methyl/N-ethyl adjacent to an activating group) is 2. The van der Waals surface area contributed by atoms with Gasteiger partial charge in [-0.15, -0.1) is 0 Å². The van der Waals surface area contributed by atoms with Crippen molar-refractivity contribution < 1.29 is 13.2 Å². The number of hydrogen-bond acceptors (Lipinski definition) is 5. The van der Waals surface area contributed by atoms with Gasteiger partial charge in [0.05, 0.1) is 18.1 Å². The minimum Gasteiger partial charge on any atom is -0.355 e. The molecule has 94 valence electrons. The van der Waals surface area contributed by atoms with Crippen molar-refractivity contribution in [3.05, 3.63) is 0 Å². The van der Waals surface area contributed by atoms with Crippen molar-refractivity contribution in [2.45, 2.75) is 19.0 Å². The van der Waals surface area contributed by atoms with Gasteiger partial charge in [0.1, 0.15) is 0 Å². The van der Waals surface area contributed by atoms with Crippen molar-refractivity contribution in [2.24, 2.45) is 5.73 Å². The molecule has 1 heterocycles. The van der Waals surface area contributed by atoms with Crippen molar-refractivity contribution in [3.8, 4) is 0 Å². The van der Waals surface area contributed by atoms with E-state index in [-0.39, 0.29) is 30.0 Å². The maximum atomic E-state index is 11.4. The first-order chi connectivity index (χ1) is 7.35. The molecular formula is C9H19N3O3S. The molecule has 0 aliphatic carbocycles. The molecule has 0 bridgehead atoms. The highest BCUT2D eigenvalue weighted by Gasteiger charge is 2.37. The summed E-state index contributed by atoms with van der Waals surface area (Å²) < 4.78 is 22.7. The molecule has 2 unspecified atom stereocenters. The van der Waals surface area contributed by atoms with E-state index < -0.39 is 15.9 Å². The predicted octanol–water partition coefficient (Wildman–Crippen LogP) is -1.82. The van der Waals surface area contributed by atoms with E-state index in [0.29, 0.717) is 6.54 Å². The molecule has 1 aliphatic heterocycles. The van der Waals surface area contributed by atoms with Crippen LogP contribution in [0.15, 0.2) is 0 Å². The largest absolute Gasteiger partial charge is 0.355 e. The molecule has 1 aliphatic rings. The van der Waals surface area contributed by atoms with Crippen LogP contribution in [-0.2, 0) is 14.6 Å². The first kappa shape index (κ1) is 13.4. The highest BCUT2D eigenvalue weighted by Crippen LogP contribution is 2.15. The van der Waals surface area contributed by atoms with E-state index >= 15 is 0 Å². The third-order valence-electron chi connectivity index (χ3n) is 2.70. The Kier molecular flexibility index (Phi) is 4.28.